The Labute approximate surface area is 123 Å². The first-order valence-electron chi connectivity index (χ1n) is 6.10. The minimum atomic E-state index is -4.40. The van der Waals surface area contributed by atoms with Crippen molar-refractivity contribution >= 4 is 17.7 Å². The summed E-state index contributed by atoms with van der Waals surface area (Å²) in [6, 6.07) is 0. The molecule has 1 N–H and O–H groups in total. The molecule has 1 aromatic heterocycles. The minimum Gasteiger partial charge on any atom is -0.481 e. The van der Waals surface area contributed by atoms with Gasteiger partial charge in [0.2, 0.25) is 0 Å². The van der Waals surface area contributed by atoms with Crippen LogP contribution in [0.15, 0.2) is 5.16 Å². The SMILES string of the molecule is CC(C)Cn1c(COCC(F)(F)F)nnc1SCC(=O)O. The average Bonchev–Trinajstić information content (AvgIpc) is 2.67. The molecule has 0 aliphatic heterocycles. The summed E-state index contributed by atoms with van der Waals surface area (Å²) in [5.41, 5.74) is 0. The van der Waals surface area contributed by atoms with E-state index in [1.165, 1.54) is 0 Å². The highest BCUT2D eigenvalue weighted by Gasteiger charge is 2.28. The van der Waals surface area contributed by atoms with Crippen LogP contribution in [0.1, 0.15) is 19.7 Å². The highest BCUT2D eigenvalue weighted by Crippen LogP contribution is 2.20. The number of alkyl halides is 3. The molecule has 0 saturated heterocycles. The predicted molar refractivity (Wildman–Crippen MR) is 68.9 cm³/mol. The summed E-state index contributed by atoms with van der Waals surface area (Å²) in [5.74, 6) is -0.749. The van der Waals surface area contributed by atoms with Crippen molar-refractivity contribution in [3.8, 4) is 0 Å². The van der Waals surface area contributed by atoms with Gasteiger partial charge in [-0.2, -0.15) is 13.2 Å². The molecule has 0 radical (unpaired) electrons. The zero-order valence-corrected chi connectivity index (χ0v) is 12.4. The van der Waals surface area contributed by atoms with E-state index in [-0.39, 0.29) is 24.1 Å². The smallest absolute Gasteiger partial charge is 0.411 e. The van der Waals surface area contributed by atoms with Gasteiger partial charge < -0.3 is 14.4 Å². The maximum absolute atomic E-state index is 12.0. The van der Waals surface area contributed by atoms with Crippen LogP contribution in [0, 0.1) is 5.92 Å². The van der Waals surface area contributed by atoms with Gasteiger partial charge in [-0.1, -0.05) is 25.6 Å². The van der Waals surface area contributed by atoms with Gasteiger partial charge in [-0.3, -0.25) is 4.79 Å². The second-order valence-electron chi connectivity index (χ2n) is 4.69. The molecule has 0 atom stereocenters. The maximum Gasteiger partial charge on any atom is 0.411 e. The van der Waals surface area contributed by atoms with Gasteiger partial charge in [0, 0.05) is 6.54 Å². The van der Waals surface area contributed by atoms with Crippen molar-refractivity contribution in [1.82, 2.24) is 14.8 Å². The standard InChI is InChI=1S/C11H16F3N3O3S/c1-7(2)3-17-8(4-20-6-11(12,13)14)15-16-10(17)21-5-9(18)19/h7H,3-6H2,1-2H3,(H,18,19). The number of ether oxygens (including phenoxy) is 1. The highest BCUT2D eigenvalue weighted by atomic mass is 32.2. The molecular formula is C11H16F3N3O3S. The molecule has 1 aromatic rings. The lowest BCUT2D eigenvalue weighted by molar-refractivity contribution is -0.177. The largest absolute Gasteiger partial charge is 0.481 e. The quantitative estimate of drug-likeness (QED) is 0.738. The normalized spacial score (nSPS) is 12.1. The number of halogens is 3. The van der Waals surface area contributed by atoms with Crippen LogP contribution in [0.4, 0.5) is 13.2 Å². The van der Waals surface area contributed by atoms with E-state index in [2.05, 4.69) is 14.9 Å². The van der Waals surface area contributed by atoms with E-state index < -0.39 is 18.8 Å². The molecule has 1 rings (SSSR count). The van der Waals surface area contributed by atoms with E-state index >= 15 is 0 Å². The first-order valence-corrected chi connectivity index (χ1v) is 7.08. The summed E-state index contributed by atoms with van der Waals surface area (Å²) in [7, 11) is 0. The molecule has 0 fully saturated rings. The zero-order valence-electron chi connectivity index (χ0n) is 11.6. The molecular weight excluding hydrogens is 311 g/mol. The summed E-state index contributed by atoms with van der Waals surface area (Å²) in [6.07, 6.45) is -4.40. The number of nitrogens with zero attached hydrogens (tertiary/aromatic N) is 3. The minimum absolute atomic E-state index is 0.195. The average molecular weight is 327 g/mol. The molecule has 120 valence electrons. The van der Waals surface area contributed by atoms with Crippen LogP contribution in [-0.2, 0) is 22.7 Å². The van der Waals surface area contributed by atoms with Gasteiger partial charge in [0.15, 0.2) is 11.0 Å². The topological polar surface area (TPSA) is 77.2 Å². The Balaban J connectivity index is 2.75. The molecule has 21 heavy (non-hydrogen) atoms. The number of aliphatic carboxylic acids is 1. The monoisotopic (exact) mass is 327 g/mol. The predicted octanol–water partition coefficient (Wildman–Crippen LogP) is 2.19. The third-order valence-corrected chi connectivity index (χ3v) is 3.11. The van der Waals surface area contributed by atoms with Crippen molar-refractivity contribution in [2.45, 2.75) is 38.3 Å². The Morgan fingerprint density at radius 2 is 2.10 bits per heavy atom. The molecule has 10 heteroatoms. The Kier molecular flexibility index (Phi) is 6.46. The second-order valence-corrected chi connectivity index (χ2v) is 5.64. The van der Waals surface area contributed by atoms with Crippen molar-refractivity contribution in [3.63, 3.8) is 0 Å². The van der Waals surface area contributed by atoms with Crippen LogP contribution >= 0.6 is 11.8 Å². The fraction of sp³-hybridized carbons (Fsp3) is 0.727. The van der Waals surface area contributed by atoms with Gasteiger partial charge in [0.25, 0.3) is 0 Å². The van der Waals surface area contributed by atoms with Gasteiger partial charge >= 0.3 is 12.1 Å². The molecule has 1 heterocycles. The summed E-state index contributed by atoms with van der Waals surface area (Å²) in [5, 5.41) is 16.6. The number of aromatic nitrogens is 3. The maximum atomic E-state index is 12.0. The van der Waals surface area contributed by atoms with E-state index in [9.17, 15) is 18.0 Å². The number of carboxylic acid groups (broad SMARTS) is 1. The van der Waals surface area contributed by atoms with Crippen LogP contribution in [-0.4, -0.2) is 44.4 Å². The van der Waals surface area contributed by atoms with E-state index in [1.54, 1.807) is 4.57 Å². The third-order valence-electron chi connectivity index (χ3n) is 2.16. The molecule has 0 bridgehead atoms. The first-order chi connectivity index (χ1) is 9.69. The zero-order chi connectivity index (χ0) is 16.0. The Bertz CT molecular complexity index is 477. The fourth-order valence-electron chi connectivity index (χ4n) is 1.47. The first kappa shape index (κ1) is 17.8. The van der Waals surface area contributed by atoms with Gasteiger partial charge in [-0.15, -0.1) is 10.2 Å². The number of rotatable bonds is 8. The van der Waals surface area contributed by atoms with Crippen molar-refractivity contribution in [2.24, 2.45) is 5.92 Å². The van der Waals surface area contributed by atoms with E-state index in [0.717, 1.165) is 11.8 Å². The van der Waals surface area contributed by atoms with Crippen molar-refractivity contribution in [3.05, 3.63) is 5.82 Å². The van der Waals surface area contributed by atoms with Gasteiger partial charge in [0.1, 0.15) is 13.2 Å². The van der Waals surface area contributed by atoms with Crippen LogP contribution in [0.3, 0.4) is 0 Å². The summed E-state index contributed by atoms with van der Waals surface area (Å²) in [6.45, 7) is 2.63. The Morgan fingerprint density at radius 3 is 2.62 bits per heavy atom. The van der Waals surface area contributed by atoms with Gasteiger partial charge in [-0.25, -0.2) is 0 Å². The molecule has 0 spiro atoms. The van der Waals surface area contributed by atoms with Crippen LogP contribution in [0.2, 0.25) is 0 Å². The van der Waals surface area contributed by atoms with E-state index in [0.29, 0.717) is 11.7 Å². The Hall–Kier alpha value is -1.29. The van der Waals surface area contributed by atoms with Crippen LogP contribution in [0.25, 0.3) is 0 Å². The summed E-state index contributed by atoms with van der Waals surface area (Å²) >= 11 is 0.969. The molecule has 0 saturated carbocycles. The molecule has 0 unspecified atom stereocenters. The lowest BCUT2D eigenvalue weighted by atomic mass is 10.2. The third kappa shape index (κ3) is 6.80. The number of hydrogen-bond acceptors (Lipinski definition) is 5. The summed E-state index contributed by atoms with van der Waals surface area (Å²) < 4.78 is 42.3. The van der Waals surface area contributed by atoms with Crippen molar-refractivity contribution in [2.75, 3.05) is 12.4 Å². The molecule has 0 aliphatic carbocycles. The van der Waals surface area contributed by atoms with Crippen LogP contribution in [0.5, 0.6) is 0 Å². The number of carbonyl (C=O) groups is 1. The fourth-order valence-corrected chi connectivity index (χ4v) is 2.15. The van der Waals surface area contributed by atoms with Gasteiger partial charge in [0.05, 0.1) is 5.75 Å². The summed E-state index contributed by atoms with van der Waals surface area (Å²) in [4.78, 5) is 10.6. The molecule has 0 aromatic carbocycles. The Morgan fingerprint density at radius 1 is 1.43 bits per heavy atom. The molecule has 6 nitrogen and oxygen atoms in total. The van der Waals surface area contributed by atoms with Crippen molar-refractivity contribution < 1.29 is 27.8 Å². The number of thioether (sulfide) groups is 1. The molecule has 0 amide bonds. The lowest BCUT2D eigenvalue weighted by Crippen LogP contribution is -2.18. The van der Waals surface area contributed by atoms with E-state index in [1.807, 2.05) is 13.8 Å². The lowest BCUT2D eigenvalue weighted by Gasteiger charge is -2.12. The number of carboxylic acids is 1. The molecule has 0 aliphatic rings. The highest BCUT2D eigenvalue weighted by molar-refractivity contribution is 7.99. The van der Waals surface area contributed by atoms with Gasteiger partial charge in [-0.05, 0) is 5.92 Å². The van der Waals surface area contributed by atoms with E-state index in [4.69, 9.17) is 5.11 Å². The van der Waals surface area contributed by atoms with Crippen LogP contribution < -0.4 is 0 Å². The number of hydrogen-bond donors (Lipinski definition) is 1. The second kappa shape index (κ2) is 7.64. The van der Waals surface area contributed by atoms with Crippen molar-refractivity contribution in [1.29, 1.82) is 0 Å².